The smallest absolute Gasteiger partial charge is 0.462 e. The van der Waals surface area contributed by atoms with Crippen molar-refractivity contribution in [1.82, 2.24) is 4.98 Å². The standard InChI is InChI=1S/C11H10F6N2O3/c1-2-21-9(20)7-5(3-18)6(22-11(15,16)17)4-19-8(7)10(12,13)14/h4H,2-3,18H2,1H3. The Hall–Kier alpha value is -2.04. The summed E-state index contributed by atoms with van der Waals surface area (Å²) in [6.07, 6.45) is -10.1. The van der Waals surface area contributed by atoms with Crippen LogP contribution in [-0.4, -0.2) is 23.9 Å². The summed E-state index contributed by atoms with van der Waals surface area (Å²) in [6, 6.07) is 0. The molecule has 5 nitrogen and oxygen atoms in total. The summed E-state index contributed by atoms with van der Waals surface area (Å²) in [7, 11) is 0. The molecule has 0 spiro atoms. The Morgan fingerprint density at radius 1 is 1.27 bits per heavy atom. The van der Waals surface area contributed by atoms with Crippen molar-refractivity contribution in [2.75, 3.05) is 6.61 Å². The number of aromatic nitrogens is 1. The van der Waals surface area contributed by atoms with Gasteiger partial charge in [-0.3, -0.25) is 0 Å². The zero-order valence-electron chi connectivity index (χ0n) is 11.0. The minimum Gasteiger partial charge on any atom is -0.462 e. The highest BCUT2D eigenvalue weighted by molar-refractivity contribution is 5.93. The van der Waals surface area contributed by atoms with E-state index in [-0.39, 0.29) is 12.8 Å². The normalized spacial score (nSPS) is 12.2. The predicted molar refractivity (Wildman–Crippen MR) is 59.8 cm³/mol. The van der Waals surface area contributed by atoms with Crippen molar-refractivity contribution in [3.05, 3.63) is 23.0 Å². The van der Waals surface area contributed by atoms with Crippen molar-refractivity contribution in [2.24, 2.45) is 5.73 Å². The van der Waals surface area contributed by atoms with E-state index >= 15 is 0 Å². The van der Waals surface area contributed by atoms with Gasteiger partial charge in [0.15, 0.2) is 11.4 Å². The van der Waals surface area contributed by atoms with E-state index in [9.17, 15) is 31.1 Å². The molecule has 1 heterocycles. The van der Waals surface area contributed by atoms with E-state index in [0.717, 1.165) is 0 Å². The fraction of sp³-hybridized carbons (Fsp3) is 0.455. The molecule has 1 aromatic rings. The zero-order valence-corrected chi connectivity index (χ0v) is 11.0. The number of nitrogens with two attached hydrogens (primary N) is 1. The molecule has 1 rings (SSSR count). The SMILES string of the molecule is CCOC(=O)c1c(C(F)(F)F)ncc(OC(F)(F)F)c1CN. The summed E-state index contributed by atoms with van der Waals surface area (Å²) in [5.74, 6) is -2.58. The van der Waals surface area contributed by atoms with Gasteiger partial charge in [-0.05, 0) is 6.92 Å². The lowest BCUT2D eigenvalue weighted by Gasteiger charge is -2.18. The Labute approximate surface area is 120 Å². The van der Waals surface area contributed by atoms with Crippen LogP contribution < -0.4 is 10.5 Å². The molecule has 0 saturated carbocycles. The number of carbonyl (C=O) groups is 1. The van der Waals surface area contributed by atoms with Gasteiger partial charge in [0.05, 0.1) is 18.4 Å². The molecule has 1 aromatic heterocycles. The van der Waals surface area contributed by atoms with E-state index in [1.807, 2.05) is 0 Å². The van der Waals surface area contributed by atoms with Gasteiger partial charge >= 0.3 is 18.5 Å². The maximum atomic E-state index is 12.9. The molecule has 0 atom stereocenters. The van der Waals surface area contributed by atoms with Crippen LogP contribution in [0, 0.1) is 0 Å². The van der Waals surface area contributed by atoms with Crippen LogP contribution >= 0.6 is 0 Å². The first-order valence-corrected chi connectivity index (χ1v) is 5.73. The van der Waals surface area contributed by atoms with Crippen molar-refractivity contribution in [2.45, 2.75) is 26.0 Å². The van der Waals surface area contributed by atoms with E-state index in [0.29, 0.717) is 0 Å². The molecule has 0 unspecified atom stereocenters. The second-order valence-corrected chi connectivity index (χ2v) is 3.79. The molecule has 0 radical (unpaired) electrons. The largest absolute Gasteiger partial charge is 0.573 e. The summed E-state index contributed by atoms with van der Waals surface area (Å²) < 4.78 is 83.3. The first kappa shape index (κ1) is 18.0. The van der Waals surface area contributed by atoms with Gasteiger partial charge < -0.3 is 15.2 Å². The second-order valence-electron chi connectivity index (χ2n) is 3.79. The van der Waals surface area contributed by atoms with Gasteiger partial charge in [0, 0.05) is 12.1 Å². The van der Waals surface area contributed by atoms with Gasteiger partial charge in [-0.2, -0.15) is 13.2 Å². The summed E-state index contributed by atoms with van der Waals surface area (Å²) in [6.45, 7) is 0.215. The van der Waals surface area contributed by atoms with Crippen LogP contribution in [0.3, 0.4) is 0 Å². The number of alkyl halides is 6. The average Bonchev–Trinajstić information content (AvgIpc) is 2.35. The fourth-order valence-electron chi connectivity index (χ4n) is 1.59. The third kappa shape index (κ3) is 4.23. The third-order valence-corrected chi connectivity index (χ3v) is 2.32. The quantitative estimate of drug-likeness (QED) is 0.678. The molecular weight excluding hydrogens is 322 g/mol. The maximum absolute atomic E-state index is 12.9. The molecule has 2 N–H and O–H groups in total. The number of carbonyl (C=O) groups excluding carboxylic acids is 1. The Morgan fingerprint density at radius 2 is 1.86 bits per heavy atom. The van der Waals surface area contributed by atoms with Crippen LogP contribution in [-0.2, 0) is 17.5 Å². The van der Waals surface area contributed by atoms with Crippen LogP contribution in [0.15, 0.2) is 6.20 Å². The van der Waals surface area contributed by atoms with E-state index in [1.165, 1.54) is 6.92 Å². The van der Waals surface area contributed by atoms with E-state index < -0.39 is 47.6 Å². The highest BCUT2D eigenvalue weighted by atomic mass is 19.4. The average molecular weight is 332 g/mol. The summed E-state index contributed by atoms with van der Waals surface area (Å²) >= 11 is 0. The number of hydrogen-bond donors (Lipinski definition) is 1. The van der Waals surface area contributed by atoms with E-state index in [4.69, 9.17) is 5.73 Å². The van der Waals surface area contributed by atoms with E-state index in [1.54, 1.807) is 0 Å². The van der Waals surface area contributed by atoms with Crippen LogP contribution in [0.2, 0.25) is 0 Å². The maximum Gasteiger partial charge on any atom is 0.573 e. The Kier molecular flexibility index (Phi) is 5.22. The number of ether oxygens (including phenoxy) is 2. The molecule has 0 saturated heterocycles. The molecule has 0 fully saturated rings. The summed E-state index contributed by atoms with van der Waals surface area (Å²) in [4.78, 5) is 14.5. The molecule has 0 aliphatic carbocycles. The molecule has 0 aliphatic heterocycles. The van der Waals surface area contributed by atoms with Crippen molar-refractivity contribution >= 4 is 5.97 Å². The first-order valence-electron chi connectivity index (χ1n) is 5.73. The van der Waals surface area contributed by atoms with Gasteiger partial charge in [-0.1, -0.05) is 0 Å². The molecule has 0 aromatic carbocycles. The topological polar surface area (TPSA) is 74.4 Å². The van der Waals surface area contributed by atoms with Crippen LogP contribution in [0.4, 0.5) is 26.3 Å². The minimum absolute atomic E-state index is 0.210. The van der Waals surface area contributed by atoms with Gasteiger partial charge in [-0.25, -0.2) is 9.78 Å². The molecule has 0 amide bonds. The van der Waals surface area contributed by atoms with Gasteiger partial charge in [0.1, 0.15) is 0 Å². The molecular formula is C11H10F6N2O3. The minimum atomic E-state index is -5.18. The van der Waals surface area contributed by atoms with Gasteiger partial charge in [0.25, 0.3) is 0 Å². The number of esters is 1. The highest BCUT2D eigenvalue weighted by Gasteiger charge is 2.41. The first-order chi connectivity index (χ1) is 10.0. The van der Waals surface area contributed by atoms with Gasteiger partial charge in [0.2, 0.25) is 0 Å². The summed E-state index contributed by atoms with van der Waals surface area (Å²) in [5.41, 5.74) is 1.48. The number of nitrogens with zero attached hydrogens (tertiary/aromatic N) is 1. The molecule has 0 bridgehead atoms. The monoisotopic (exact) mass is 332 g/mol. The van der Waals surface area contributed by atoms with Crippen molar-refractivity contribution in [1.29, 1.82) is 0 Å². The second kappa shape index (κ2) is 6.38. The fourth-order valence-corrected chi connectivity index (χ4v) is 1.59. The lowest BCUT2D eigenvalue weighted by atomic mass is 10.0. The zero-order chi connectivity index (χ0) is 17.1. The lowest BCUT2D eigenvalue weighted by molar-refractivity contribution is -0.275. The molecule has 124 valence electrons. The highest BCUT2D eigenvalue weighted by Crippen LogP contribution is 2.36. The van der Waals surface area contributed by atoms with Crippen molar-refractivity contribution < 1.29 is 40.6 Å². The Balaban J connectivity index is 3.55. The van der Waals surface area contributed by atoms with E-state index in [2.05, 4.69) is 14.5 Å². The van der Waals surface area contributed by atoms with Gasteiger partial charge in [-0.15, -0.1) is 13.2 Å². The molecule has 0 aliphatic rings. The number of halogens is 6. The van der Waals surface area contributed by atoms with Crippen LogP contribution in [0.5, 0.6) is 5.75 Å². The molecule has 11 heteroatoms. The number of rotatable bonds is 4. The Morgan fingerprint density at radius 3 is 2.27 bits per heavy atom. The lowest BCUT2D eigenvalue weighted by Crippen LogP contribution is -2.24. The van der Waals surface area contributed by atoms with Crippen LogP contribution in [0.1, 0.15) is 28.5 Å². The third-order valence-electron chi connectivity index (χ3n) is 2.32. The number of pyridine rings is 1. The van der Waals surface area contributed by atoms with Crippen molar-refractivity contribution in [3.8, 4) is 5.75 Å². The predicted octanol–water partition coefficient (Wildman–Crippen LogP) is 2.63. The van der Waals surface area contributed by atoms with Crippen LogP contribution in [0.25, 0.3) is 0 Å². The number of hydrogen-bond acceptors (Lipinski definition) is 5. The summed E-state index contributed by atoms with van der Waals surface area (Å²) in [5, 5.41) is 0. The molecule has 22 heavy (non-hydrogen) atoms. The van der Waals surface area contributed by atoms with Crippen molar-refractivity contribution in [3.63, 3.8) is 0 Å². The Bertz CT molecular complexity index is 556.